The Hall–Kier alpha value is -0.430. The van der Waals surface area contributed by atoms with Crippen molar-refractivity contribution in [1.82, 2.24) is 0 Å². The average Bonchev–Trinajstić information content (AvgIpc) is 2.10. The molecule has 0 unspecified atom stereocenters. The summed E-state index contributed by atoms with van der Waals surface area (Å²) in [5, 5.41) is 2.11. The zero-order valence-electron chi connectivity index (χ0n) is 8.21. The summed E-state index contributed by atoms with van der Waals surface area (Å²) < 4.78 is 0. The van der Waals surface area contributed by atoms with Crippen LogP contribution in [0.15, 0.2) is 34.6 Å². The van der Waals surface area contributed by atoms with Gasteiger partial charge in [-0.15, -0.1) is 0 Å². The molecule has 0 aliphatic rings. The van der Waals surface area contributed by atoms with Gasteiger partial charge >= 0.3 is 0 Å². The molecule has 68 valence electrons. The number of hydrogen-bond acceptors (Lipinski definition) is 1. The van der Waals surface area contributed by atoms with Crippen molar-refractivity contribution in [2.75, 3.05) is 0 Å². The molecule has 0 aromatic rings. The van der Waals surface area contributed by atoms with Gasteiger partial charge in [-0.3, -0.25) is 0 Å². The smallest absolute Gasteiger partial charge is 0.00725 e. The number of allylic oxidation sites excluding steroid dienone is 4. The van der Waals surface area contributed by atoms with Gasteiger partial charge in [0.15, 0.2) is 0 Å². The number of rotatable bonds is 5. The van der Waals surface area contributed by atoms with Crippen molar-refractivity contribution in [2.24, 2.45) is 0 Å². The summed E-state index contributed by atoms with van der Waals surface area (Å²) in [6.45, 7) is 6.36. The molecule has 0 amide bonds. The van der Waals surface area contributed by atoms with Gasteiger partial charge in [0.1, 0.15) is 0 Å². The second-order valence-corrected chi connectivity index (χ2v) is 3.39. The second-order valence-electron chi connectivity index (χ2n) is 2.41. The Morgan fingerprint density at radius 3 is 2.50 bits per heavy atom. The highest BCUT2D eigenvalue weighted by Gasteiger charge is 1.86. The minimum absolute atomic E-state index is 1.11. The predicted molar refractivity (Wildman–Crippen MR) is 60.2 cm³/mol. The first kappa shape index (κ1) is 11.6. The molecule has 0 aliphatic carbocycles. The van der Waals surface area contributed by atoms with Gasteiger partial charge in [-0.2, -0.15) is 0 Å². The monoisotopic (exact) mass is 182 g/mol. The SMILES string of the molecule is C/C=C\SC(=C\CC)/C=C/CC. The van der Waals surface area contributed by atoms with E-state index in [2.05, 4.69) is 43.6 Å². The average molecular weight is 182 g/mol. The minimum Gasteiger partial charge on any atom is -0.0988 e. The molecule has 0 saturated carbocycles. The van der Waals surface area contributed by atoms with Crippen molar-refractivity contribution < 1.29 is 0 Å². The Labute approximate surface area is 80.4 Å². The van der Waals surface area contributed by atoms with Crippen molar-refractivity contribution >= 4 is 11.8 Å². The Balaban J connectivity index is 4.04. The van der Waals surface area contributed by atoms with Gasteiger partial charge in [0.2, 0.25) is 0 Å². The lowest BCUT2D eigenvalue weighted by Gasteiger charge is -1.95. The second kappa shape index (κ2) is 8.66. The molecule has 0 fully saturated rings. The summed E-state index contributed by atoms with van der Waals surface area (Å²) in [6.07, 6.45) is 10.9. The normalized spacial score (nSPS) is 13.4. The highest BCUT2D eigenvalue weighted by molar-refractivity contribution is 8.06. The molecule has 0 radical (unpaired) electrons. The fraction of sp³-hybridized carbons (Fsp3) is 0.455. The van der Waals surface area contributed by atoms with Gasteiger partial charge in [0.05, 0.1) is 0 Å². The third kappa shape index (κ3) is 6.29. The molecule has 0 N–H and O–H groups in total. The molecule has 0 atom stereocenters. The van der Waals surface area contributed by atoms with E-state index in [0.29, 0.717) is 0 Å². The maximum Gasteiger partial charge on any atom is 0.00725 e. The van der Waals surface area contributed by atoms with Crippen LogP contribution in [0.25, 0.3) is 0 Å². The zero-order valence-corrected chi connectivity index (χ0v) is 9.03. The zero-order chi connectivity index (χ0) is 9.23. The number of hydrogen-bond donors (Lipinski definition) is 0. The molecular weight excluding hydrogens is 164 g/mol. The fourth-order valence-electron chi connectivity index (χ4n) is 0.737. The van der Waals surface area contributed by atoms with Gasteiger partial charge in [-0.05, 0) is 25.2 Å². The summed E-state index contributed by atoms with van der Waals surface area (Å²) in [5.41, 5.74) is 0. The lowest BCUT2D eigenvalue weighted by atomic mass is 10.3. The maximum atomic E-state index is 2.25. The summed E-state index contributed by atoms with van der Waals surface area (Å²) in [7, 11) is 0. The Bertz CT molecular complexity index is 175. The van der Waals surface area contributed by atoms with Crippen molar-refractivity contribution in [2.45, 2.75) is 33.6 Å². The third-order valence-electron chi connectivity index (χ3n) is 1.26. The largest absolute Gasteiger partial charge is 0.0988 e. The highest BCUT2D eigenvalue weighted by atomic mass is 32.2. The minimum atomic E-state index is 1.11. The van der Waals surface area contributed by atoms with E-state index in [4.69, 9.17) is 0 Å². The lowest BCUT2D eigenvalue weighted by molar-refractivity contribution is 1.21. The van der Waals surface area contributed by atoms with Crippen molar-refractivity contribution in [3.8, 4) is 0 Å². The quantitative estimate of drug-likeness (QED) is 0.564. The third-order valence-corrected chi connectivity index (χ3v) is 2.25. The summed E-state index contributed by atoms with van der Waals surface area (Å²) >= 11 is 1.78. The van der Waals surface area contributed by atoms with E-state index >= 15 is 0 Å². The van der Waals surface area contributed by atoms with Crippen LogP contribution >= 0.6 is 11.8 Å². The molecule has 0 heterocycles. The van der Waals surface area contributed by atoms with Gasteiger partial charge in [0, 0.05) is 4.91 Å². The van der Waals surface area contributed by atoms with Crippen LogP contribution in [0, 0.1) is 0 Å². The van der Waals surface area contributed by atoms with Crippen LogP contribution in [0.4, 0.5) is 0 Å². The van der Waals surface area contributed by atoms with E-state index in [9.17, 15) is 0 Å². The molecule has 0 rings (SSSR count). The van der Waals surface area contributed by atoms with Crippen molar-refractivity contribution in [3.05, 3.63) is 34.6 Å². The van der Waals surface area contributed by atoms with E-state index in [1.54, 1.807) is 11.8 Å². The van der Waals surface area contributed by atoms with Crippen LogP contribution in [-0.2, 0) is 0 Å². The molecule has 1 heteroatoms. The Kier molecular flexibility index (Phi) is 8.35. The van der Waals surface area contributed by atoms with Crippen LogP contribution in [0.2, 0.25) is 0 Å². The van der Waals surface area contributed by atoms with Crippen LogP contribution in [-0.4, -0.2) is 0 Å². The molecule has 0 saturated heterocycles. The standard InChI is InChI=1S/C11H18S/c1-4-7-9-11(8-5-2)12-10-6-3/h6-10H,4-5H2,1-3H3/b9-7+,10-6-,11-8-. The first-order valence-electron chi connectivity index (χ1n) is 4.49. The molecule has 12 heavy (non-hydrogen) atoms. The molecule has 0 spiro atoms. The maximum absolute atomic E-state index is 2.25. The molecule has 0 aromatic heterocycles. The van der Waals surface area contributed by atoms with Crippen LogP contribution < -0.4 is 0 Å². The van der Waals surface area contributed by atoms with Crippen molar-refractivity contribution in [1.29, 1.82) is 0 Å². The molecule has 0 nitrogen and oxygen atoms in total. The first-order valence-corrected chi connectivity index (χ1v) is 5.37. The molecule has 0 aliphatic heterocycles. The summed E-state index contributed by atoms with van der Waals surface area (Å²) in [4.78, 5) is 1.34. The van der Waals surface area contributed by atoms with E-state index in [1.165, 1.54) is 4.91 Å². The van der Waals surface area contributed by atoms with Gasteiger partial charge in [-0.1, -0.05) is 49.9 Å². The number of thioether (sulfide) groups is 1. The van der Waals surface area contributed by atoms with Crippen LogP contribution in [0.3, 0.4) is 0 Å². The summed E-state index contributed by atoms with van der Waals surface area (Å²) in [6, 6.07) is 0. The molecule has 0 aromatic carbocycles. The van der Waals surface area contributed by atoms with E-state index < -0.39 is 0 Å². The predicted octanol–water partition coefficient (Wildman–Crippen LogP) is 4.51. The van der Waals surface area contributed by atoms with Gasteiger partial charge < -0.3 is 0 Å². The fourth-order valence-corrected chi connectivity index (χ4v) is 1.47. The van der Waals surface area contributed by atoms with Crippen LogP contribution in [0.5, 0.6) is 0 Å². The van der Waals surface area contributed by atoms with Gasteiger partial charge in [0.25, 0.3) is 0 Å². The van der Waals surface area contributed by atoms with E-state index in [1.807, 2.05) is 6.92 Å². The van der Waals surface area contributed by atoms with Crippen LogP contribution in [0.1, 0.15) is 33.6 Å². The van der Waals surface area contributed by atoms with E-state index in [0.717, 1.165) is 12.8 Å². The lowest BCUT2D eigenvalue weighted by Crippen LogP contribution is -1.68. The Morgan fingerprint density at radius 1 is 1.25 bits per heavy atom. The summed E-state index contributed by atoms with van der Waals surface area (Å²) in [5.74, 6) is 0. The van der Waals surface area contributed by atoms with E-state index in [-0.39, 0.29) is 0 Å². The highest BCUT2D eigenvalue weighted by Crippen LogP contribution is 2.19. The molecule has 0 bridgehead atoms. The van der Waals surface area contributed by atoms with Gasteiger partial charge in [-0.25, -0.2) is 0 Å². The Morgan fingerprint density at radius 2 is 2.00 bits per heavy atom. The van der Waals surface area contributed by atoms with Crippen molar-refractivity contribution in [3.63, 3.8) is 0 Å². The molecular formula is C11H18S. The first-order chi connectivity index (χ1) is 5.85. The topological polar surface area (TPSA) is 0 Å².